The Bertz CT molecular complexity index is 285. The van der Waals surface area contributed by atoms with Gasteiger partial charge in [0.2, 0.25) is 5.95 Å². The molecule has 1 aromatic rings. The molecule has 5 nitrogen and oxygen atoms in total. The predicted octanol–water partition coefficient (Wildman–Crippen LogP) is 0.893. The number of ether oxygens (including phenoxy) is 1. The van der Waals surface area contributed by atoms with Gasteiger partial charge in [-0.3, -0.25) is 0 Å². The molecule has 16 heavy (non-hydrogen) atoms. The van der Waals surface area contributed by atoms with Crippen molar-refractivity contribution in [1.29, 1.82) is 0 Å². The molecule has 0 bridgehead atoms. The molecule has 0 saturated carbocycles. The van der Waals surface area contributed by atoms with E-state index in [4.69, 9.17) is 4.74 Å². The number of rotatable bonds is 8. The molecule has 0 radical (unpaired) electrons. The predicted molar refractivity (Wildman–Crippen MR) is 65.8 cm³/mol. The average molecular weight is 226 g/mol. The van der Waals surface area contributed by atoms with E-state index in [1.807, 2.05) is 12.4 Å². The molecule has 1 rings (SSSR count). The molecule has 0 unspecified atom stereocenters. The summed E-state index contributed by atoms with van der Waals surface area (Å²) in [5.41, 5.74) is 0. The number of aryl methyl sites for hydroxylation is 1. The van der Waals surface area contributed by atoms with Gasteiger partial charge in [-0.15, -0.1) is 0 Å². The molecule has 0 spiro atoms. The topological polar surface area (TPSA) is 42.3 Å². The monoisotopic (exact) mass is 226 g/mol. The lowest BCUT2D eigenvalue weighted by molar-refractivity contribution is 0.210. The Morgan fingerprint density at radius 2 is 2.31 bits per heavy atom. The first-order chi connectivity index (χ1) is 7.74. The maximum atomic E-state index is 4.99. The highest BCUT2D eigenvalue weighted by Gasteiger charge is 2.01. The number of hydrogen-bond donors (Lipinski definition) is 1. The summed E-state index contributed by atoms with van der Waals surface area (Å²) in [5, 5.41) is 3.25. The van der Waals surface area contributed by atoms with Crippen molar-refractivity contribution in [2.45, 2.75) is 13.0 Å². The summed E-state index contributed by atoms with van der Waals surface area (Å²) < 4.78 is 7.12. The highest BCUT2D eigenvalue weighted by Crippen LogP contribution is 2.04. The van der Waals surface area contributed by atoms with Crippen molar-refractivity contribution in [2.24, 2.45) is 0 Å². The van der Waals surface area contributed by atoms with Crippen LogP contribution in [0, 0.1) is 0 Å². The van der Waals surface area contributed by atoms with Gasteiger partial charge in [-0.1, -0.05) is 0 Å². The Hall–Kier alpha value is -1.07. The summed E-state index contributed by atoms with van der Waals surface area (Å²) in [6.45, 7) is 3.58. The fourth-order valence-electron chi connectivity index (χ4n) is 1.48. The number of nitrogens with zero attached hydrogens (tertiary/aromatic N) is 3. The lowest BCUT2D eigenvalue weighted by Crippen LogP contribution is -2.16. The van der Waals surface area contributed by atoms with Gasteiger partial charge in [0.05, 0.1) is 6.61 Å². The second-order valence-electron chi connectivity index (χ2n) is 4.02. The van der Waals surface area contributed by atoms with E-state index in [-0.39, 0.29) is 0 Å². The van der Waals surface area contributed by atoms with E-state index < -0.39 is 0 Å². The first-order valence-electron chi connectivity index (χ1n) is 5.62. The van der Waals surface area contributed by atoms with Crippen LogP contribution in [0.25, 0.3) is 0 Å². The molecular formula is C11H22N4O. The summed E-state index contributed by atoms with van der Waals surface area (Å²) in [4.78, 5) is 6.46. The minimum absolute atomic E-state index is 0.699. The summed E-state index contributed by atoms with van der Waals surface area (Å²) in [6, 6.07) is 0. The molecule has 0 aliphatic heterocycles. The number of hydrogen-bond acceptors (Lipinski definition) is 4. The fraction of sp³-hybridized carbons (Fsp3) is 0.727. The normalized spacial score (nSPS) is 11.0. The third-order valence-electron chi connectivity index (χ3n) is 2.31. The second kappa shape index (κ2) is 7.24. The Labute approximate surface area is 97.4 Å². The molecule has 0 atom stereocenters. The number of nitrogens with one attached hydrogen (secondary N) is 1. The largest absolute Gasteiger partial charge is 0.383 e. The van der Waals surface area contributed by atoms with Gasteiger partial charge in [0.25, 0.3) is 0 Å². The smallest absolute Gasteiger partial charge is 0.202 e. The van der Waals surface area contributed by atoms with E-state index in [1.165, 1.54) is 0 Å². The third kappa shape index (κ3) is 4.63. The van der Waals surface area contributed by atoms with Crippen molar-refractivity contribution >= 4 is 5.95 Å². The Morgan fingerprint density at radius 1 is 1.50 bits per heavy atom. The lowest BCUT2D eigenvalue weighted by Gasteiger charge is -2.12. The van der Waals surface area contributed by atoms with E-state index in [0.29, 0.717) is 6.61 Å². The number of aromatic nitrogens is 2. The molecule has 1 heterocycles. The molecule has 1 aromatic heterocycles. The number of imidazole rings is 1. The van der Waals surface area contributed by atoms with Crippen LogP contribution in [0.2, 0.25) is 0 Å². The quantitative estimate of drug-likeness (QED) is 0.669. The van der Waals surface area contributed by atoms with Gasteiger partial charge in [-0.25, -0.2) is 4.98 Å². The van der Waals surface area contributed by atoms with Crippen LogP contribution >= 0.6 is 0 Å². The van der Waals surface area contributed by atoms with Gasteiger partial charge in [0.15, 0.2) is 0 Å². The van der Waals surface area contributed by atoms with Gasteiger partial charge in [0, 0.05) is 32.6 Å². The summed E-state index contributed by atoms with van der Waals surface area (Å²) in [7, 11) is 5.88. The zero-order valence-corrected chi connectivity index (χ0v) is 10.4. The van der Waals surface area contributed by atoms with Crippen LogP contribution in [-0.2, 0) is 11.3 Å². The molecule has 92 valence electrons. The van der Waals surface area contributed by atoms with Gasteiger partial charge in [0.1, 0.15) is 0 Å². The highest BCUT2D eigenvalue weighted by atomic mass is 16.5. The van der Waals surface area contributed by atoms with Crippen LogP contribution in [0.3, 0.4) is 0 Å². The van der Waals surface area contributed by atoms with Gasteiger partial charge in [-0.2, -0.15) is 0 Å². The SMILES string of the molecule is COCCNc1nccn1CCCN(C)C. The maximum Gasteiger partial charge on any atom is 0.202 e. The number of anilines is 1. The molecule has 0 aliphatic rings. The van der Waals surface area contributed by atoms with E-state index in [0.717, 1.165) is 32.0 Å². The minimum atomic E-state index is 0.699. The van der Waals surface area contributed by atoms with Crippen LogP contribution < -0.4 is 5.32 Å². The second-order valence-corrected chi connectivity index (χ2v) is 4.02. The van der Waals surface area contributed by atoms with Gasteiger partial charge < -0.3 is 19.5 Å². The lowest BCUT2D eigenvalue weighted by atomic mass is 10.4. The van der Waals surface area contributed by atoms with Crippen molar-refractivity contribution in [3.63, 3.8) is 0 Å². The molecule has 5 heteroatoms. The van der Waals surface area contributed by atoms with E-state index in [9.17, 15) is 0 Å². The fourth-order valence-corrected chi connectivity index (χ4v) is 1.48. The van der Waals surface area contributed by atoms with Crippen LogP contribution in [0.5, 0.6) is 0 Å². The molecule has 0 aliphatic carbocycles. The van der Waals surface area contributed by atoms with Crippen LogP contribution in [-0.4, -0.2) is 55.4 Å². The van der Waals surface area contributed by atoms with Crippen LogP contribution in [0.4, 0.5) is 5.95 Å². The summed E-state index contributed by atoms with van der Waals surface area (Å²) in [5.74, 6) is 0.927. The first kappa shape index (κ1) is 13.0. The molecule has 1 N–H and O–H groups in total. The van der Waals surface area contributed by atoms with Crippen molar-refractivity contribution in [1.82, 2.24) is 14.5 Å². The van der Waals surface area contributed by atoms with Gasteiger partial charge in [-0.05, 0) is 27.1 Å². The van der Waals surface area contributed by atoms with E-state index in [2.05, 4.69) is 33.9 Å². The Kier molecular flexibility index (Phi) is 5.88. The Morgan fingerprint density at radius 3 is 3.00 bits per heavy atom. The van der Waals surface area contributed by atoms with Gasteiger partial charge >= 0.3 is 0 Å². The highest BCUT2D eigenvalue weighted by molar-refractivity contribution is 5.25. The number of methoxy groups -OCH3 is 1. The molecule has 0 saturated heterocycles. The zero-order chi connectivity index (χ0) is 11.8. The molecule has 0 fully saturated rings. The molecular weight excluding hydrogens is 204 g/mol. The minimum Gasteiger partial charge on any atom is -0.383 e. The van der Waals surface area contributed by atoms with Crippen molar-refractivity contribution in [2.75, 3.05) is 46.2 Å². The maximum absolute atomic E-state index is 4.99. The average Bonchev–Trinajstić information content (AvgIpc) is 2.66. The standard InChI is InChI=1S/C11H22N4O/c1-14(2)7-4-8-15-9-5-12-11(15)13-6-10-16-3/h5,9H,4,6-8,10H2,1-3H3,(H,12,13). The first-order valence-corrected chi connectivity index (χ1v) is 5.62. The zero-order valence-electron chi connectivity index (χ0n) is 10.4. The van der Waals surface area contributed by atoms with Crippen LogP contribution in [0.1, 0.15) is 6.42 Å². The molecule has 0 amide bonds. The summed E-state index contributed by atoms with van der Waals surface area (Å²) >= 11 is 0. The van der Waals surface area contributed by atoms with Crippen LogP contribution in [0.15, 0.2) is 12.4 Å². The molecule has 0 aromatic carbocycles. The third-order valence-corrected chi connectivity index (χ3v) is 2.31. The van der Waals surface area contributed by atoms with E-state index in [1.54, 1.807) is 7.11 Å². The van der Waals surface area contributed by atoms with Crippen molar-refractivity contribution < 1.29 is 4.74 Å². The van der Waals surface area contributed by atoms with E-state index >= 15 is 0 Å². The Balaban J connectivity index is 2.32. The van der Waals surface area contributed by atoms with Crippen molar-refractivity contribution in [3.8, 4) is 0 Å². The summed E-state index contributed by atoms with van der Waals surface area (Å²) in [6.07, 6.45) is 4.96. The van der Waals surface area contributed by atoms with Crippen molar-refractivity contribution in [3.05, 3.63) is 12.4 Å².